The number of anilines is 2. The van der Waals surface area contributed by atoms with Gasteiger partial charge in [0.15, 0.2) is 0 Å². The number of rotatable bonds is 8. The van der Waals surface area contributed by atoms with E-state index in [0.29, 0.717) is 25.3 Å². The molecule has 1 fully saturated rings. The Hall–Kier alpha value is -3.13. The molecular formula is C26H29F6N5O2S. The molecule has 0 spiro atoms. The first-order chi connectivity index (χ1) is 18.6. The fourth-order valence-electron chi connectivity index (χ4n) is 4.75. The minimum atomic E-state index is -5.14. The topological polar surface area (TPSA) is 87.2 Å². The molecule has 2 aromatic carbocycles. The monoisotopic (exact) mass is 589 g/mol. The Bertz CT molecular complexity index is 1420. The van der Waals surface area contributed by atoms with Crippen molar-refractivity contribution in [3.8, 4) is 0 Å². The molecule has 0 radical (unpaired) electrons. The fraction of sp³-hybridized carbons (Fsp3) is 0.462. The predicted octanol–water partition coefficient (Wildman–Crippen LogP) is 5.93. The average molecular weight is 590 g/mol. The Kier molecular flexibility index (Phi) is 8.50. The van der Waals surface area contributed by atoms with E-state index < -0.39 is 38.4 Å². The minimum absolute atomic E-state index is 0.0833. The molecule has 1 aliphatic carbocycles. The van der Waals surface area contributed by atoms with Crippen molar-refractivity contribution in [2.75, 3.05) is 37.4 Å². The molecule has 1 heterocycles. The third kappa shape index (κ3) is 7.14. The summed E-state index contributed by atoms with van der Waals surface area (Å²) < 4.78 is 106. The lowest BCUT2D eigenvalue weighted by Crippen LogP contribution is -2.32. The highest BCUT2D eigenvalue weighted by atomic mass is 32.2. The number of aromatic nitrogens is 2. The lowest BCUT2D eigenvalue weighted by Gasteiger charge is -2.29. The van der Waals surface area contributed by atoms with E-state index in [1.165, 1.54) is 0 Å². The van der Waals surface area contributed by atoms with Gasteiger partial charge >= 0.3 is 12.4 Å². The van der Waals surface area contributed by atoms with Crippen LogP contribution in [-0.4, -0.2) is 45.6 Å². The number of hydrogen-bond acceptors (Lipinski definition) is 6. The average Bonchev–Trinajstić information content (AvgIpc) is 2.89. The van der Waals surface area contributed by atoms with Crippen LogP contribution in [0.3, 0.4) is 0 Å². The second-order valence-electron chi connectivity index (χ2n) is 10.1. The highest BCUT2D eigenvalue weighted by Crippen LogP contribution is 2.37. The zero-order valence-corrected chi connectivity index (χ0v) is 22.6. The summed E-state index contributed by atoms with van der Waals surface area (Å²) in [6.45, 7) is 0.522. The van der Waals surface area contributed by atoms with Crippen molar-refractivity contribution in [1.82, 2.24) is 14.7 Å². The van der Waals surface area contributed by atoms with Crippen LogP contribution in [0.1, 0.15) is 36.8 Å². The van der Waals surface area contributed by atoms with E-state index in [4.69, 9.17) is 0 Å². The smallest absolute Gasteiger partial charge is 0.362 e. The molecule has 0 bridgehead atoms. The molecule has 40 heavy (non-hydrogen) atoms. The molecule has 0 amide bonds. The van der Waals surface area contributed by atoms with Crippen LogP contribution < -0.4 is 14.9 Å². The van der Waals surface area contributed by atoms with E-state index in [1.54, 1.807) is 0 Å². The first kappa shape index (κ1) is 29.8. The summed E-state index contributed by atoms with van der Waals surface area (Å²) in [5, 5.41) is 4.22. The van der Waals surface area contributed by atoms with Crippen molar-refractivity contribution in [3.63, 3.8) is 0 Å². The standard InChI is InChI=1S/C26H29F6N5O2S/c1-37(2)23-21-5-3-4-6-22(21)35-24(36-23)33-14-16-7-9-17(10-8-16)15-34-40(38,39)20-12-18(25(27,28)29)11-19(13-20)26(30,31)32/h3-6,11-13,16-17,34H,7-10,14-15H2,1-2H3,(H,33,35,36). The Morgan fingerprint density at radius 2 is 1.40 bits per heavy atom. The van der Waals surface area contributed by atoms with Crippen molar-refractivity contribution in [3.05, 3.63) is 53.6 Å². The Morgan fingerprint density at radius 1 is 0.850 bits per heavy atom. The number of hydrogen-bond donors (Lipinski definition) is 2. The lowest BCUT2D eigenvalue weighted by atomic mass is 9.82. The van der Waals surface area contributed by atoms with Crippen LogP contribution in [0.2, 0.25) is 0 Å². The summed E-state index contributed by atoms with van der Waals surface area (Å²) in [5.41, 5.74) is -2.55. The van der Waals surface area contributed by atoms with Crippen molar-refractivity contribution in [1.29, 1.82) is 0 Å². The summed E-state index contributed by atoms with van der Waals surface area (Å²) in [7, 11) is -0.799. The van der Waals surface area contributed by atoms with E-state index in [9.17, 15) is 34.8 Å². The van der Waals surface area contributed by atoms with Gasteiger partial charge in [0.25, 0.3) is 0 Å². The largest absolute Gasteiger partial charge is 0.416 e. The van der Waals surface area contributed by atoms with Gasteiger partial charge in [0, 0.05) is 32.6 Å². The molecule has 218 valence electrons. The van der Waals surface area contributed by atoms with Gasteiger partial charge in [-0.1, -0.05) is 12.1 Å². The third-order valence-electron chi connectivity index (χ3n) is 6.96. The van der Waals surface area contributed by atoms with Crippen molar-refractivity contribution in [2.45, 2.75) is 42.9 Å². The Balaban J connectivity index is 1.34. The number of alkyl halides is 6. The third-order valence-corrected chi connectivity index (χ3v) is 8.36. The molecule has 4 rings (SSSR count). The van der Waals surface area contributed by atoms with Gasteiger partial charge < -0.3 is 10.2 Å². The molecule has 2 N–H and O–H groups in total. The summed E-state index contributed by atoms with van der Waals surface area (Å²) in [5.74, 6) is 1.45. The molecule has 0 saturated heterocycles. The van der Waals surface area contributed by atoms with Gasteiger partial charge in [0.05, 0.1) is 21.5 Å². The molecule has 0 unspecified atom stereocenters. The van der Waals surface area contributed by atoms with Crippen LogP contribution in [0, 0.1) is 11.8 Å². The van der Waals surface area contributed by atoms with Crippen LogP contribution in [0.4, 0.5) is 38.1 Å². The normalized spacial score (nSPS) is 18.6. The minimum Gasteiger partial charge on any atom is -0.362 e. The zero-order valence-electron chi connectivity index (χ0n) is 21.8. The highest BCUT2D eigenvalue weighted by molar-refractivity contribution is 7.89. The van der Waals surface area contributed by atoms with Crippen LogP contribution >= 0.6 is 0 Å². The molecule has 1 aliphatic rings. The van der Waals surface area contributed by atoms with E-state index in [2.05, 4.69) is 20.0 Å². The van der Waals surface area contributed by atoms with Crippen molar-refractivity contribution >= 4 is 32.7 Å². The highest BCUT2D eigenvalue weighted by Gasteiger charge is 2.38. The van der Waals surface area contributed by atoms with Crippen LogP contribution in [0.25, 0.3) is 10.9 Å². The quantitative estimate of drug-likeness (QED) is 0.317. The van der Waals surface area contributed by atoms with Gasteiger partial charge in [-0.05, 0) is 67.9 Å². The molecule has 1 saturated carbocycles. The summed E-state index contributed by atoms with van der Waals surface area (Å²) in [6.07, 6.45) is -7.46. The van der Waals surface area contributed by atoms with Gasteiger partial charge in [-0.15, -0.1) is 0 Å². The SMILES string of the molecule is CN(C)c1nc(NCC2CCC(CNS(=O)(=O)c3cc(C(F)(F)F)cc(C(F)(F)F)c3)CC2)nc2ccccc12. The molecule has 0 atom stereocenters. The van der Waals surface area contributed by atoms with E-state index >= 15 is 0 Å². The van der Waals surface area contributed by atoms with Gasteiger partial charge in [-0.3, -0.25) is 0 Å². The maximum absolute atomic E-state index is 13.1. The maximum Gasteiger partial charge on any atom is 0.416 e. The summed E-state index contributed by atoms with van der Waals surface area (Å²) in [4.78, 5) is 10.0. The molecule has 3 aromatic rings. The second kappa shape index (κ2) is 11.4. The maximum atomic E-state index is 13.1. The van der Waals surface area contributed by atoms with Gasteiger partial charge in [-0.2, -0.15) is 31.3 Å². The number of sulfonamides is 1. The first-order valence-corrected chi connectivity index (χ1v) is 14.1. The van der Waals surface area contributed by atoms with Crippen LogP contribution in [0.5, 0.6) is 0 Å². The number of para-hydroxylation sites is 1. The number of fused-ring (bicyclic) bond motifs is 1. The lowest BCUT2D eigenvalue weighted by molar-refractivity contribution is -0.143. The Labute approximate surface area is 228 Å². The van der Waals surface area contributed by atoms with E-state index in [0.717, 1.165) is 29.6 Å². The van der Waals surface area contributed by atoms with Crippen LogP contribution in [0.15, 0.2) is 47.4 Å². The molecule has 7 nitrogen and oxygen atoms in total. The second-order valence-corrected chi connectivity index (χ2v) is 11.9. The number of nitrogens with zero attached hydrogens (tertiary/aromatic N) is 3. The number of halogens is 6. The van der Waals surface area contributed by atoms with Gasteiger partial charge in [0.2, 0.25) is 16.0 Å². The summed E-state index contributed by atoms with van der Waals surface area (Å²) >= 11 is 0. The first-order valence-electron chi connectivity index (χ1n) is 12.6. The number of benzene rings is 2. The number of nitrogens with one attached hydrogen (secondary N) is 2. The molecular weight excluding hydrogens is 560 g/mol. The predicted molar refractivity (Wildman–Crippen MR) is 139 cm³/mol. The van der Waals surface area contributed by atoms with Crippen molar-refractivity contribution in [2.24, 2.45) is 11.8 Å². The van der Waals surface area contributed by atoms with Gasteiger partial charge in [-0.25, -0.2) is 18.1 Å². The van der Waals surface area contributed by atoms with Crippen molar-refractivity contribution < 1.29 is 34.8 Å². The van der Waals surface area contributed by atoms with Gasteiger partial charge in [0.1, 0.15) is 5.82 Å². The zero-order chi connectivity index (χ0) is 29.3. The molecule has 1 aromatic heterocycles. The van der Waals surface area contributed by atoms with Crippen LogP contribution in [-0.2, 0) is 22.4 Å². The summed E-state index contributed by atoms with van der Waals surface area (Å²) in [6, 6.07) is 8.02. The molecule has 14 heteroatoms. The fourth-order valence-corrected chi connectivity index (χ4v) is 5.93. The molecule has 0 aliphatic heterocycles. The van der Waals surface area contributed by atoms with E-state index in [1.807, 2.05) is 43.3 Å². The van der Waals surface area contributed by atoms with E-state index in [-0.39, 0.29) is 36.6 Å². The Morgan fingerprint density at radius 3 is 1.95 bits per heavy atom.